The van der Waals surface area contributed by atoms with Gasteiger partial charge in [-0.05, 0) is 112 Å². The van der Waals surface area contributed by atoms with Crippen molar-refractivity contribution in [2.75, 3.05) is 65.4 Å². The maximum Gasteiger partial charge on any atom is 0.133 e. The van der Waals surface area contributed by atoms with E-state index in [1.54, 1.807) is 71.8 Å². The average Bonchev–Trinajstić information content (AvgIpc) is 3.86. The van der Waals surface area contributed by atoms with Gasteiger partial charge in [-0.25, -0.2) is 0 Å². The minimum absolute atomic E-state index is 0.142. The topological polar surface area (TPSA) is 96.4 Å². The van der Waals surface area contributed by atoms with Crippen LogP contribution in [0.5, 0.6) is 11.5 Å². The standard InChI is InChI=1S/C40H48Cl2N6O2S2/c41-35-23-31-27-43-11-3-15-47(19-9-37-7-1-21-51-37)16-4-12-44-28-32-24-36(42)26-34(40(32)50)30-46-14-6-18-48(20-10-38-8-2-22-52-38)17-5-13-45-29-33(25-35)39(31)49/h1-2,7-8,21-30,49-50H,3-6,9-20H2. The summed E-state index contributed by atoms with van der Waals surface area (Å²) in [5.41, 5.74) is 2.37. The average molecular weight is 780 g/mol. The lowest BCUT2D eigenvalue weighted by Crippen LogP contribution is -2.29. The van der Waals surface area contributed by atoms with Crippen LogP contribution in [0, 0.1) is 0 Å². The molecule has 2 aromatic carbocycles. The molecule has 276 valence electrons. The molecule has 1 aliphatic rings. The number of aromatic hydroxyl groups is 2. The number of fused-ring (bicyclic) bond motifs is 4. The van der Waals surface area contributed by atoms with E-state index in [-0.39, 0.29) is 11.5 Å². The zero-order valence-electron chi connectivity index (χ0n) is 29.5. The lowest BCUT2D eigenvalue weighted by atomic mass is 10.1. The van der Waals surface area contributed by atoms with E-state index >= 15 is 0 Å². The van der Waals surface area contributed by atoms with Gasteiger partial charge in [-0.1, -0.05) is 35.3 Å². The van der Waals surface area contributed by atoms with Gasteiger partial charge >= 0.3 is 0 Å². The molecule has 3 heterocycles. The molecule has 0 fully saturated rings. The highest BCUT2D eigenvalue weighted by atomic mass is 35.5. The Bertz CT molecular complexity index is 1560. The Morgan fingerprint density at radius 3 is 1.15 bits per heavy atom. The monoisotopic (exact) mass is 778 g/mol. The molecular weight excluding hydrogens is 732 g/mol. The molecule has 0 saturated heterocycles. The fourth-order valence-electron chi connectivity index (χ4n) is 5.99. The van der Waals surface area contributed by atoms with Gasteiger partial charge in [0.1, 0.15) is 11.5 Å². The molecule has 52 heavy (non-hydrogen) atoms. The fourth-order valence-corrected chi connectivity index (χ4v) is 7.86. The molecule has 0 amide bonds. The summed E-state index contributed by atoms with van der Waals surface area (Å²) in [6.07, 6.45) is 12.4. The molecule has 4 aromatic rings. The van der Waals surface area contributed by atoms with Crippen LogP contribution in [0.3, 0.4) is 0 Å². The van der Waals surface area contributed by atoms with Crippen molar-refractivity contribution in [3.63, 3.8) is 0 Å². The minimum atomic E-state index is 0.142. The van der Waals surface area contributed by atoms with E-state index in [0.717, 1.165) is 77.8 Å². The maximum atomic E-state index is 11.0. The normalized spacial score (nSPS) is 16.5. The summed E-state index contributed by atoms with van der Waals surface area (Å²) in [6.45, 7) is 8.02. The number of phenolic OH excluding ortho intramolecular Hbond substituents is 2. The molecule has 2 aromatic heterocycles. The van der Waals surface area contributed by atoms with E-state index in [1.807, 2.05) is 0 Å². The summed E-state index contributed by atoms with van der Waals surface area (Å²) in [7, 11) is 0. The third-order valence-corrected chi connectivity index (χ3v) is 11.1. The van der Waals surface area contributed by atoms with Gasteiger partial charge in [-0.15, -0.1) is 22.7 Å². The number of benzene rings is 2. The van der Waals surface area contributed by atoms with E-state index in [0.29, 0.717) is 58.5 Å². The summed E-state index contributed by atoms with van der Waals surface area (Å²) >= 11 is 16.5. The van der Waals surface area contributed by atoms with Crippen LogP contribution in [-0.2, 0) is 12.8 Å². The van der Waals surface area contributed by atoms with Crippen LogP contribution in [0.1, 0.15) is 57.7 Å². The molecular formula is C40H48Cl2N6O2S2. The molecule has 0 aliphatic carbocycles. The van der Waals surface area contributed by atoms with Gasteiger partial charge in [0.05, 0.1) is 0 Å². The molecule has 4 bridgehead atoms. The van der Waals surface area contributed by atoms with Crippen LogP contribution in [0.25, 0.3) is 0 Å². The number of rotatable bonds is 6. The van der Waals surface area contributed by atoms with Crippen molar-refractivity contribution in [1.82, 2.24) is 9.80 Å². The van der Waals surface area contributed by atoms with Crippen LogP contribution < -0.4 is 0 Å². The van der Waals surface area contributed by atoms with E-state index in [2.05, 4.69) is 64.8 Å². The van der Waals surface area contributed by atoms with Crippen LogP contribution in [0.4, 0.5) is 0 Å². The van der Waals surface area contributed by atoms with Gasteiger partial charge in [0.2, 0.25) is 0 Å². The minimum Gasteiger partial charge on any atom is -0.507 e. The van der Waals surface area contributed by atoms with Gasteiger partial charge in [-0.2, -0.15) is 0 Å². The summed E-state index contributed by atoms with van der Waals surface area (Å²) in [5, 5.41) is 27.3. The van der Waals surface area contributed by atoms with Gasteiger partial charge < -0.3 is 20.0 Å². The van der Waals surface area contributed by atoms with Gasteiger partial charge in [0.25, 0.3) is 0 Å². The Kier molecular flexibility index (Phi) is 16.8. The maximum absolute atomic E-state index is 11.0. The molecule has 2 N–H and O–H groups in total. The first kappa shape index (κ1) is 39.8. The highest BCUT2D eigenvalue weighted by Gasteiger charge is 2.11. The molecule has 12 heteroatoms. The van der Waals surface area contributed by atoms with E-state index < -0.39 is 0 Å². The Morgan fingerprint density at radius 1 is 0.538 bits per heavy atom. The first-order valence-electron chi connectivity index (χ1n) is 18.0. The number of nitrogens with zero attached hydrogens (tertiary/aromatic N) is 6. The van der Waals surface area contributed by atoms with E-state index in [1.165, 1.54) is 9.75 Å². The highest BCUT2D eigenvalue weighted by Crippen LogP contribution is 2.26. The molecule has 0 atom stereocenters. The Morgan fingerprint density at radius 2 is 0.865 bits per heavy atom. The van der Waals surface area contributed by atoms with Gasteiger partial charge in [-0.3, -0.25) is 20.0 Å². The largest absolute Gasteiger partial charge is 0.507 e. The second-order valence-electron chi connectivity index (χ2n) is 12.8. The second kappa shape index (κ2) is 22.0. The van der Waals surface area contributed by atoms with Crippen molar-refractivity contribution >= 4 is 70.7 Å². The smallest absolute Gasteiger partial charge is 0.133 e. The van der Waals surface area contributed by atoms with Crippen LogP contribution in [-0.4, -0.2) is 110 Å². The number of phenols is 2. The molecule has 8 nitrogen and oxygen atoms in total. The third kappa shape index (κ3) is 13.5. The second-order valence-corrected chi connectivity index (χ2v) is 15.7. The third-order valence-electron chi connectivity index (χ3n) is 8.74. The van der Waals surface area contributed by atoms with E-state index in [4.69, 9.17) is 23.2 Å². The van der Waals surface area contributed by atoms with Crippen LogP contribution >= 0.6 is 45.9 Å². The predicted molar refractivity (Wildman–Crippen MR) is 223 cm³/mol. The lowest BCUT2D eigenvalue weighted by Gasteiger charge is -2.21. The van der Waals surface area contributed by atoms with Gasteiger partial charge in [0, 0.05) is 106 Å². The molecule has 0 unspecified atom stereocenters. The van der Waals surface area contributed by atoms with Crippen molar-refractivity contribution in [2.45, 2.75) is 38.5 Å². The van der Waals surface area contributed by atoms with Crippen LogP contribution in [0.15, 0.2) is 79.3 Å². The molecule has 1 aliphatic heterocycles. The quantitative estimate of drug-likeness (QED) is 0.205. The van der Waals surface area contributed by atoms with E-state index in [9.17, 15) is 10.2 Å². The van der Waals surface area contributed by atoms with Crippen molar-refractivity contribution in [1.29, 1.82) is 0 Å². The van der Waals surface area contributed by atoms with Crippen molar-refractivity contribution in [3.05, 3.63) is 101 Å². The number of aliphatic imine (C=N–C) groups is 4. The summed E-state index contributed by atoms with van der Waals surface area (Å²) in [4.78, 5) is 26.2. The summed E-state index contributed by atoms with van der Waals surface area (Å²) < 4.78 is 0. The number of halogens is 2. The Labute approximate surface area is 325 Å². The number of hydrogen-bond donors (Lipinski definition) is 2. The SMILES string of the molecule is Oc1c2cc(Cl)cc1C=NCCCN(CCc1cccs1)CCCN=Cc1cc(Cl)cc(c1O)C=NCCCN(CCc1cccs1)CCCN=C2. The van der Waals surface area contributed by atoms with Gasteiger partial charge in [0.15, 0.2) is 0 Å². The summed E-state index contributed by atoms with van der Waals surface area (Å²) in [5.74, 6) is 0.283. The molecule has 0 saturated carbocycles. The van der Waals surface area contributed by atoms with Crippen molar-refractivity contribution < 1.29 is 10.2 Å². The highest BCUT2D eigenvalue weighted by molar-refractivity contribution is 7.10. The first-order chi connectivity index (χ1) is 25.4. The zero-order chi connectivity index (χ0) is 36.4. The lowest BCUT2D eigenvalue weighted by molar-refractivity contribution is 0.274. The number of hydrogen-bond acceptors (Lipinski definition) is 10. The molecule has 0 radical (unpaired) electrons. The predicted octanol–water partition coefficient (Wildman–Crippen LogP) is 8.57. The Hall–Kier alpha value is -3.38. The molecule has 5 rings (SSSR count). The summed E-state index contributed by atoms with van der Waals surface area (Å²) in [6, 6.07) is 15.5. The molecule has 0 spiro atoms. The van der Waals surface area contributed by atoms with Crippen molar-refractivity contribution in [3.8, 4) is 11.5 Å². The zero-order valence-corrected chi connectivity index (χ0v) is 32.7. The number of thiophene rings is 2. The van der Waals surface area contributed by atoms with Crippen molar-refractivity contribution in [2.24, 2.45) is 20.0 Å². The first-order valence-corrected chi connectivity index (χ1v) is 20.5. The Balaban J connectivity index is 1.28. The van der Waals surface area contributed by atoms with Crippen LogP contribution in [0.2, 0.25) is 10.0 Å². The fraction of sp³-hybridized carbons (Fsp3) is 0.400.